The van der Waals surface area contributed by atoms with Crippen molar-refractivity contribution in [2.24, 2.45) is 5.92 Å². The van der Waals surface area contributed by atoms with E-state index in [1.54, 1.807) is 18.2 Å². The summed E-state index contributed by atoms with van der Waals surface area (Å²) in [7, 11) is 0. The molecule has 0 aromatic heterocycles. The maximum absolute atomic E-state index is 14.1. The molecule has 4 nitrogen and oxygen atoms in total. The van der Waals surface area contributed by atoms with Gasteiger partial charge in [-0.25, -0.2) is 8.78 Å². The lowest BCUT2D eigenvalue weighted by molar-refractivity contribution is -0.120. The lowest BCUT2D eigenvalue weighted by Gasteiger charge is -2.21. The Kier molecular flexibility index (Phi) is 6.74. The molecule has 0 heterocycles. The molecule has 0 radical (unpaired) electrons. The lowest BCUT2D eigenvalue weighted by Crippen LogP contribution is -2.25. The molecule has 6 heteroatoms. The molecule has 0 bridgehead atoms. The highest BCUT2D eigenvalue weighted by Gasteiger charge is 2.22. The summed E-state index contributed by atoms with van der Waals surface area (Å²) in [6, 6.07) is 10.4. The maximum atomic E-state index is 14.1. The van der Waals surface area contributed by atoms with Crippen molar-refractivity contribution in [1.82, 2.24) is 0 Å². The van der Waals surface area contributed by atoms with Gasteiger partial charge >= 0.3 is 0 Å². The third kappa shape index (κ3) is 5.38. The number of anilines is 2. The number of benzene rings is 2. The molecule has 2 amide bonds. The van der Waals surface area contributed by atoms with Crippen LogP contribution in [0.4, 0.5) is 20.2 Å². The van der Waals surface area contributed by atoms with E-state index in [1.807, 2.05) is 0 Å². The van der Waals surface area contributed by atoms with Gasteiger partial charge in [0.15, 0.2) is 0 Å². The Hall–Kier alpha value is -2.76. The Morgan fingerprint density at radius 2 is 1.68 bits per heavy atom. The maximum Gasteiger partial charge on any atom is 0.227 e. The zero-order valence-corrected chi connectivity index (χ0v) is 15.6. The van der Waals surface area contributed by atoms with Gasteiger partial charge in [-0.05, 0) is 49.1 Å². The first-order valence-corrected chi connectivity index (χ1v) is 9.66. The highest BCUT2D eigenvalue weighted by molar-refractivity contribution is 5.95. The summed E-state index contributed by atoms with van der Waals surface area (Å²) in [4.78, 5) is 24.5. The molecule has 0 aliphatic heterocycles. The number of rotatable bonds is 6. The fourth-order valence-electron chi connectivity index (χ4n) is 3.47. The van der Waals surface area contributed by atoms with Crippen molar-refractivity contribution in [1.29, 1.82) is 0 Å². The second kappa shape index (κ2) is 9.44. The van der Waals surface area contributed by atoms with Gasteiger partial charge in [-0.3, -0.25) is 9.59 Å². The van der Waals surface area contributed by atoms with Crippen molar-refractivity contribution >= 4 is 23.2 Å². The second-order valence-electron chi connectivity index (χ2n) is 7.16. The van der Waals surface area contributed by atoms with Crippen LogP contribution in [0.3, 0.4) is 0 Å². The fourth-order valence-corrected chi connectivity index (χ4v) is 3.47. The Labute approximate surface area is 163 Å². The van der Waals surface area contributed by atoms with Crippen LogP contribution in [0.25, 0.3) is 0 Å². The number of amides is 2. The van der Waals surface area contributed by atoms with Crippen LogP contribution in [0.15, 0.2) is 42.5 Å². The van der Waals surface area contributed by atoms with Crippen LogP contribution in [-0.2, 0) is 16.0 Å². The SMILES string of the molecule is O=C(CCc1ccccc1F)Nc1ccc(F)c(NC(=O)C2CCCCC2)c1. The van der Waals surface area contributed by atoms with Crippen LogP contribution in [0.5, 0.6) is 0 Å². The van der Waals surface area contributed by atoms with Crippen LogP contribution < -0.4 is 10.6 Å². The van der Waals surface area contributed by atoms with Gasteiger partial charge in [0.05, 0.1) is 5.69 Å². The largest absolute Gasteiger partial charge is 0.326 e. The monoisotopic (exact) mass is 386 g/mol. The average Bonchev–Trinajstić information content (AvgIpc) is 2.70. The van der Waals surface area contributed by atoms with E-state index in [4.69, 9.17) is 0 Å². The first-order chi connectivity index (χ1) is 13.5. The molecule has 3 rings (SSSR count). The van der Waals surface area contributed by atoms with Gasteiger partial charge in [0.2, 0.25) is 11.8 Å². The molecule has 1 fully saturated rings. The molecule has 1 aliphatic carbocycles. The number of hydrogen-bond donors (Lipinski definition) is 2. The highest BCUT2D eigenvalue weighted by atomic mass is 19.1. The van der Waals surface area contributed by atoms with Gasteiger partial charge in [0.1, 0.15) is 11.6 Å². The molecule has 0 atom stereocenters. The quantitative estimate of drug-likeness (QED) is 0.729. The van der Waals surface area contributed by atoms with Crippen LogP contribution in [-0.4, -0.2) is 11.8 Å². The number of carbonyl (C=O) groups is 2. The zero-order chi connectivity index (χ0) is 19.9. The number of carbonyl (C=O) groups excluding carboxylic acids is 2. The second-order valence-corrected chi connectivity index (χ2v) is 7.16. The van der Waals surface area contributed by atoms with E-state index in [0.717, 1.165) is 32.1 Å². The van der Waals surface area contributed by atoms with Gasteiger partial charge < -0.3 is 10.6 Å². The molecule has 0 spiro atoms. The van der Waals surface area contributed by atoms with Crippen LogP contribution in [0.2, 0.25) is 0 Å². The summed E-state index contributed by atoms with van der Waals surface area (Å²) in [5.74, 6) is -1.47. The van der Waals surface area contributed by atoms with Gasteiger partial charge in [0.25, 0.3) is 0 Å². The Morgan fingerprint density at radius 1 is 0.929 bits per heavy atom. The third-order valence-corrected chi connectivity index (χ3v) is 5.06. The Balaban J connectivity index is 1.58. The Morgan fingerprint density at radius 3 is 2.43 bits per heavy atom. The molecule has 2 aromatic carbocycles. The molecule has 1 saturated carbocycles. The number of halogens is 2. The van der Waals surface area contributed by atoms with Gasteiger partial charge in [-0.1, -0.05) is 37.5 Å². The number of nitrogens with one attached hydrogen (secondary N) is 2. The molecule has 1 aliphatic rings. The minimum absolute atomic E-state index is 0.0578. The van der Waals surface area contributed by atoms with Crippen molar-refractivity contribution in [3.8, 4) is 0 Å². The molecule has 28 heavy (non-hydrogen) atoms. The summed E-state index contributed by atoms with van der Waals surface area (Å²) in [6.45, 7) is 0. The van der Waals surface area contributed by atoms with E-state index in [-0.39, 0.29) is 42.1 Å². The summed E-state index contributed by atoms with van der Waals surface area (Å²) in [5.41, 5.74) is 0.915. The molecule has 2 N–H and O–H groups in total. The van der Waals surface area contributed by atoms with E-state index in [0.29, 0.717) is 11.3 Å². The van der Waals surface area contributed by atoms with Crippen LogP contribution in [0, 0.1) is 17.6 Å². The summed E-state index contributed by atoms with van der Waals surface area (Å²) >= 11 is 0. The van der Waals surface area contributed by atoms with Gasteiger partial charge in [-0.15, -0.1) is 0 Å². The number of hydrogen-bond acceptors (Lipinski definition) is 2. The third-order valence-electron chi connectivity index (χ3n) is 5.06. The van der Waals surface area contributed by atoms with E-state index < -0.39 is 5.82 Å². The van der Waals surface area contributed by atoms with Crippen molar-refractivity contribution in [2.75, 3.05) is 10.6 Å². The zero-order valence-electron chi connectivity index (χ0n) is 15.6. The standard InChI is InChI=1S/C22H24F2N2O2/c23-18-9-5-4-6-15(18)10-13-21(27)25-17-11-12-19(24)20(14-17)26-22(28)16-7-2-1-3-8-16/h4-6,9,11-12,14,16H,1-3,7-8,10,13H2,(H,25,27)(H,26,28). The van der Waals surface area contributed by atoms with E-state index in [1.165, 1.54) is 24.3 Å². The van der Waals surface area contributed by atoms with Crippen molar-refractivity contribution in [3.63, 3.8) is 0 Å². The van der Waals surface area contributed by atoms with Crippen molar-refractivity contribution in [3.05, 3.63) is 59.7 Å². The molecular weight excluding hydrogens is 362 g/mol. The summed E-state index contributed by atoms with van der Waals surface area (Å²) < 4.78 is 27.7. The molecule has 2 aromatic rings. The first kappa shape index (κ1) is 20.0. The molecule has 0 unspecified atom stereocenters. The average molecular weight is 386 g/mol. The lowest BCUT2D eigenvalue weighted by atomic mass is 9.88. The normalized spacial score (nSPS) is 14.5. The fraction of sp³-hybridized carbons (Fsp3) is 0.364. The van der Waals surface area contributed by atoms with Gasteiger partial charge in [0, 0.05) is 18.0 Å². The summed E-state index contributed by atoms with van der Waals surface area (Å²) in [5, 5.41) is 5.32. The van der Waals surface area contributed by atoms with E-state index in [2.05, 4.69) is 10.6 Å². The van der Waals surface area contributed by atoms with Crippen molar-refractivity contribution in [2.45, 2.75) is 44.9 Å². The van der Waals surface area contributed by atoms with Crippen LogP contribution in [0.1, 0.15) is 44.1 Å². The highest BCUT2D eigenvalue weighted by Crippen LogP contribution is 2.26. The molecular formula is C22H24F2N2O2. The molecule has 148 valence electrons. The first-order valence-electron chi connectivity index (χ1n) is 9.66. The topological polar surface area (TPSA) is 58.2 Å². The Bertz CT molecular complexity index is 848. The predicted octanol–water partition coefficient (Wildman–Crippen LogP) is 5.05. The minimum atomic E-state index is -0.548. The minimum Gasteiger partial charge on any atom is -0.326 e. The summed E-state index contributed by atoms with van der Waals surface area (Å²) in [6.07, 6.45) is 5.16. The van der Waals surface area contributed by atoms with Crippen molar-refractivity contribution < 1.29 is 18.4 Å². The van der Waals surface area contributed by atoms with Gasteiger partial charge in [-0.2, -0.15) is 0 Å². The van der Waals surface area contributed by atoms with Crippen LogP contribution >= 0.6 is 0 Å². The molecule has 0 saturated heterocycles. The number of aryl methyl sites for hydroxylation is 1. The smallest absolute Gasteiger partial charge is 0.227 e. The predicted molar refractivity (Wildman–Crippen MR) is 105 cm³/mol. The van der Waals surface area contributed by atoms with E-state index >= 15 is 0 Å². The van der Waals surface area contributed by atoms with E-state index in [9.17, 15) is 18.4 Å².